The molecule has 1 aliphatic rings. The Hall–Kier alpha value is -3.79. The van der Waals surface area contributed by atoms with E-state index in [1.807, 2.05) is 54.6 Å². The highest BCUT2D eigenvalue weighted by Gasteiger charge is 2.16. The molecule has 1 amide bonds. The lowest BCUT2D eigenvalue weighted by molar-refractivity contribution is 0.0929. The van der Waals surface area contributed by atoms with Crippen LogP contribution in [0.3, 0.4) is 0 Å². The highest BCUT2D eigenvalue weighted by atomic mass is 16.2. The van der Waals surface area contributed by atoms with Gasteiger partial charge in [0, 0.05) is 35.4 Å². The summed E-state index contributed by atoms with van der Waals surface area (Å²) in [5, 5.41) is 10.6. The molecule has 3 heterocycles. The average molecular weight is 500 g/mol. The Morgan fingerprint density at radius 2 is 1.84 bits per heavy atom. The van der Waals surface area contributed by atoms with Crippen LogP contribution >= 0.6 is 0 Å². The van der Waals surface area contributed by atoms with Crippen LogP contribution in [0, 0.1) is 0 Å². The minimum Gasteiger partial charge on any atom is -0.349 e. The molecule has 1 fully saturated rings. The summed E-state index contributed by atoms with van der Waals surface area (Å²) in [6.45, 7) is 4.17. The quantitative estimate of drug-likeness (QED) is 0.225. The topological polar surface area (TPSA) is 130 Å². The van der Waals surface area contributed by atoms with Gasteiger partial charge in [-0.2, -0.15) is 4.98 Å². The standard InChI is InChI=1S/C28H33N7O2/c29-12-1-13-31-17-19-2-8-24(9-3-19)35-18-22-16-25(33-26(22)34-28(35)37)20-4-6-21(7-5-20)27(36)32-23-10-14-30-15-11-23/h2-9,16,18,23,30-31H,1,10-15,17,29H2,(H,32,36)(H,33,34,37). The van der Waals surface area contributed by atoms with Gasteiger partial charge >= 0.3 is 5.69 Å². The smallest absolute Gasteiger partial charge is 0.349 e. The minimum absolute atomic E-state index is 0.0499. The van der Waals surface area contributed by atoms with Gasteiger partial charge in [0.25, 0.3) is 5.91 Å². The number of hydrogen-bond acceptors (Lipinski definition) is 6. The van der Waals surface area contributed by atoms with Crippen LogP contribution in [0.25, 0.3) is 28.0 Å². The monoisotopic (exact) mass is 499 g/mol. The van der Waals surface area contributed by atoms with Crippen molar-refractivity contribution in [1.82, 2.24) is 30.5 Å². The molecule has 0 aliphatic carbocycles. The SMILES string of the molecule is NCCCNCc1ccc(-n2cc3cc(-c4ccc(C(=O)NC5CCNCC5)cc4)[nH]c3nc2=O)cc1. The van der Waals surface area contributed by atoms with Gasteiger partial charge in [-0.1, -0.05) is 24.3 Å². The number of nitrogens with one attached hydrogen (secondary N) is 4. The molecule has 0 saturated carbocycles. The molecular weight excluding hydrogens is 466 g/mol. The first-order valence-corrected chi connectivity index (χ1v) is 12.9. The third kappa shape index (κ3) is 5.96. The Morgan fingerprint density at radius 1 is 1.08 bits per heavy atom. The van der Waals surface area contributed by atoms with Gasteiger partial charge in [0.1, 0.15) is 5.65 Å². The van der Waals surface area contributed by atoms with Crippen LogP contribution in [0.15, 0.2) is 65.6 Å². The van der Waals surface area contributed by atoms with Gasteiger partial charge in [0.2, 0.25) is 0 Å². The lowest BCUT2D eigenvalue weighted by Crippen LogP contribution is -2.42. The van der Waals surface area contributed by atoms with Crippen LogP contribution < -0.4 is 27.4 Å². The molecule has 1 saturated heterocycles. The van der Waals surface area contributed by atoms with E-state index in [4.69, 9.17) is 5.73 Å². The van der Waals surface area contributed by atoms with Crippen molar-refractivity contribution in [2.24, 2.45) is 5.73 Å². The van der Waals surface area contributed by atoms with Crippen LogP contribution in [-0.2, 0) is 6.54 Å². The highest BCUT2D eigenvalue weighted by molar-refractivity contribution is 5.95. The molecule has 0 radical (unpaired) electrons. The third-order valence-electron chi connectivity index (χ3n) is 6.74. The van der Waals surface area contributed by atoms with Crippen molar-refractivity contribution in [2.45, 2.75) is 31.8 Å². The summed E-state index contributed by atoms with van der Waals surface area (Å²) in [4.78, 5) is 32.9. The van der Waals surface area contributed by atoms with Crippen molar-refractivity contribution < 1.29 is 4.79 Å². The van der Waals surface area contributed by atoms with Gasteiger partial charge in [-0.05, 0) is 86.9 Å². The Labute approximate surface area is 215 Å². The molecule has 37 heavy (non-hydrogen) atoms. The van der Waals surface area contributed by atoms with Crippen molar-refractivity contribution in [1.29, 1.82) is 0 Å². The summed E-state index contributed by atoms with van der Waals surface area (Å²) in [6, 6.07) is 17.5. The van der Waals surface area contributed by atoms with Crippen LogP contribution in [0.4, 0.5) is 0 Å². The third-order valence-corrected chi connectivity index (χ3v) is 6.74. The first-order chi connectivity index (χ1) is 18.1. The number of carbonyl (C=O) groups is 1. The fraction of sp³-hybridized carbons (Fsp3) is 0.321. The highest BCUT2D eigenvalue weighted by Crippen LogP contribution is 2.23. The maximum atomic E-state index is 12.8. The molecule has 0 unspecified atom stereocenters. The van der Waals surface area contributed by atoms with E-state index in [1.54, 1.807) is 10.8 Å². The summed E-state index contributed by atoms with van der Waals surface area (Å²) in [6.07, 6.45) is 4.64. The number of piperidine rings is 1. The molecule has 1 aliphatic heterocycles. The summed E-state index contributed by atoms with van der Waals surface area (Å²) in [7, 11) is 0. The molecule has 0 atom stereocenters. The molecule has 5 rings (SSSR count). The number of benzene rings is 2. The number of rotatable bonds is 9. The number of aromatic nitrogens is 3. The molecule has 2 aromatic carbocycles. The van der Waals surface area contributed by atoms with E-state index in [2.05, 4.69) is 25.9 Å². The summed E-state index contributed by atoms with van der Waals surface area (Å²) in [5.41, 5.74) is 10.0. The minimum atomic E-state index is -0.348. The first-order valence-electron chi connectivity index (χ1n) is 12.9. The lowest BCUT2D eigenvalue weighted by Gasteiger charge is -2.23. The van der Waals surface area contributed by atoms with E-state index < -0.39 is 0 Å². The van der Waals surface area contributed by atoms with Crippen LogP contribution in [0.5, 0.6) is 0 Å². The number of carbonyl (C=O) groups excluding carboxylic acids is 1. The Bertz CT molecular complexity index is 1400. The molecule has 4 aromatic rings. The summed E-state index contributed by atoms with van der Waals surface area (Å²) < 4.78 is 1.56. The maximum Gasteiger partial charge on any atom is 0.354 e. The van der Waals surface area contributed by atoms with E-state index in [-0.39, 0.29) is 17.6 Å². The molecule has 9 nitrogen and oxygen atoms in total. The van der Waals surface area contributed by atoms with Gasteiger partial charge < -0.3 is 26.7 Å². The Kier molecular flexibility index (Phi) is 7.74. The van der Waals surface area contributed by atoms with E-state index in [9.17, 15) is 9.59 Å². The number of fused-ring (bicyclic) bond motifs is 1. The fourth-order valence-electron chi connectivity index (χ4n) is 4.61. The molecule has 2 aromatic heterocycles. The van der Waals surface area contributed by atoms with Crippen molar-refractivity contribution in [3.63, 3.8) is 0 Å². The molecule has 192 valence electrons. The number of nitrogens with two attached hydrogens (primary N) is 1. The number of H-pyrrole nitrogens is 1. The molecule has 6 N–H and O–H groups in total. The first kappa shape index (κ1) is 24.9. The van der Waals surface area contributed by atoms with Crippen molar-refractivity contribution in [3.05, 3.63) is 82.4 Å². The van der Waals surface area contributed by atoms with Gasteiger partial charge in [0.05, 0.1) is 5.69 Å². The number of nitrogens with zero attached hydrogens (tertiary/aromatic N) is 2. The van der Waals surface area contributed by atoms with Gasteiger partial charge in [0.15, 0.2) is 0 Å². The van der Waals surface area contributed by atoms with Gasteiger partial charge in [-0.3, -0.25) is 9.36 Å². The van der Waals surface area contributed by atoms with Gasteiger partial charge in [-0.25, -0.2) is 4.79 Å². The largest absolute Gasteiger partial charge is 0.354 e. The lowest BCUT2D eigenvalue weighted by atomic mass is 10.0. The second kappa shape index (κ2) is 11.5. The maximum absolute atomic E-state index is 12.8. The predicted molar refractivity (Wildman–Crippen MR) is 146 cm³/mol. The molecule has 9 heteroatoms. The van der Waals surface area contributed by atoms with Crippen LogP contribution in [-0.4, -0.2) is 52.7 Å². The fourth-order valence-corrected chi connectivity index (χ4v) is 4.61. The molecule has 0 bridgehead atoms. The Morgan fingerprint density at radius 3 is 2.57 bits per heavy atom. The molecule has 0 spiro atoms. The van der Waals surface area contributed by atoms with E-state index in [0.717, 1.165) is 73.3 Å². The Balaban J connectivity index is 1.30. The normalized spacial score (nSPS) is 14.2. The number of hydrogen-bond donors (Lipinski definition) is 5. The zero-order valence-corrected chi connectivity index (χ0v) is 20.8. The van der Waals surface area contributed by atoms with Crippen molar-refractivity contribution in [3.8, 4) is 16.9 Å². The number of aromatic amines is 1. The van der Waals surface area contributed by atoms with E-state index in [0.29, 0.717) is 17.8 Å². The summed E-state index contributed by atoms with van der Waals surface area (Å²) >= 11 is 0. The van der Waals surface area contributed by atoms with Crippen LogP contribution in [0.2, 0.25) is 0 Å². The number of amides is 1. The summed E-state index contributed by atoms with van der Waals surface area (Å²) in [5.74, 6) is -0.0499. The zero-order valence-electron chi connectivity index (χ0n) is 20.8. The zero-order chi connectivity index (χ0) is 25.6. The van der Waals surface area contributed by atoms with Gasteiger partial charge in [-0.15, -0.1) is 0 Å². The van der Waals surface area contributed by atoms with Crippen molar-refractivity contribution >= 4 is 16.9 Å². The molecular formula is C28H33N7O2. The average Bonchev–Trinajstić information content (AvgIpc) is 3.34. The van der Waals surface area contributed by atoms with Crippen molar-refractivity contribution in [2.75, 3.05) is 26.2 Å². The predicted octanol–water partition coefficient (Wildman–Crippen LogP) is 2.30. The second-order valence-electron chi connectivity index (χ2n) is 9.44. The second-order valence-corrected chi connectivity index (χ2v) is 9.44. The van der Waals surface area contributed by atoms with E-state index in [1.165, 1.54) is 0 Å². The van der Waals surface area contributed by atoms with Crippen LogP contribution in [0.1, 0.15) is 35.2 Å². The van der Waals surface area contributed by atoms with E-state index >= 15 is 0 Å².